The van der Waals surface area contributed by atoms with Gasteiger partial charge < -0.3 is 14.0 Å². The molecule has 5 nitrogen and oxygen atoms in total. The maximum atomic E-state index is 12.4. The molecule has 0 saturated carbocycles. The van der Waals surface area contributed by atoms with Crippen LogP contribution in [-0.4, -0.2) is 46.2 Å². The first-order valence-corrected chi connectivity index (χ1v) is 10.5. The van der Waals surface area contributed by atoms with Crippen LogP contribution in [0.25, 0.3) is 0 Å². The third-order valence-corrected chi connectivity index (χ3v) is 9.07. The molecule has 0 radical (unpaired) electrons. The Labute approximate surface area is 134 Å². The number of rotatable bonds is 5. The lowest BCUT2D eigenvalue weighted by Crippen LogP contribution is -2.53. The van der Waals surface area contributed by atoms with Crippen LogP contribution in [0.2, 0.25) is 18.1 Å². The fraction of sp³-hybridized carbons (Fsp3) is 0.750. The summed E-state index contributed by atoms with van der Waals surface area (Å²) in [4.78, 5) is 17.2. The Morgan fingerprint density at radius 3 is 2.32 bits per heavy atom. The standard InChI is InChI=1S/C16H29NO4Si/c1-11(17-20-6)12-9-10-13(18)15(14(12)19-5)21-22(7,8)16(2,3)4/h9-10,12,14-15H,1-8H3/b17-11-/t12-,14-,15-/m1/s1. The molecule has 0 heterocycles. The van der Waals surface area contributed by atoms with E-state index in [4.69, 9.17) is 14.0 Å². The monoisotopic (exact) mass is 327 g/mol. The molecule has 126 valence electrons. The fourth-order valence-electron chi connectivity index (χ4n) is 2.22. The average molecular weight is 327 g/mol. The molecule has 1 aliphatic carbocycles. The van der Waals surface area contributed by atoms with E-state index in [1.54, 1.807) is 13.2 Å². The minimum absolute atomic E-state index is 0.0257. The third kappa shape index (κ3) is 4.06. The number of carbonyl (C=O) groups excluding carboxylic acids is 1. The van der Waals surface area contributed by atoms with Crippen molar-refractivity contribution in [2.24, 2.45) is 11.1 Å². The van der Waals surface area contributed by atoms with Gasteiger partial charge in [0.2, 0.25) is 0 Å². The van der Waals surface area contributed by atoms with E-state index >= 15 is 0 Å². The number of hydrogen-bond acceptors (Lipinski definition) is 5. The van der Waals surface area contributed by atoms with Gasteiger partial charge in [-0.3, -0.25) is 4.79 Å². The number of hydrogen-bond donors (Lipinski definition) is 0. The van der Waals surface area contributed by atoms with E-state index in [9.17, 15) is 4.79 Å². The van der Waals surface area contributed by atoms with E-state index in [-0.39, 0.29) is 22.8 Å². The van der Waals surface area contributed by atoms with E-state index < -0.39 is 14.4 Å². The van der Waals surface area contributed by atoms with Gasteiger partial charge in [0.15, 0.2) is 14.1 Å². The molecule has 0 amide bonds. The highest BCUT2D eigenvalue weighted by Gasteiger charge is 2.45. The lowest BCUT2D eigenvalue weighted by molar-refractivity contribution is -0.130. The molecule has 0 spiro atoms. The van der Waals surface area contributed by atoms with Crippen LogP contribution in [0.4, 0.5) is 0 Å². The van der Waals surface area contributed by atoms with Crippen molar-refractivity contribution in [3.8, 4) is 0 Å². The summed E-state index contributed by atoms with van der Waals surface area (Å²) in [6, 6.07) is 0. The zero-order valence-electron chi connectivity index (χ0n) is 15.0. The predicted molar refractivity (Wildman–Crippen MR) is 90.6 cm³/mol. The van der Waals surface area contributed by atoms with Gasteiger partial charge in [0.05, 0.1) is 5.71 Å². The second-order valence-corrected chi connectivity index (χ2v) is 12.0. The van der Waals surface area contributed by atoms with Gasteiger partial charge in [-0.25, -0.2) is 0 Å². The Morgan fingerprint density at radius 1 is 1.27 bits per heavy atom. The molecule has 1 rings (SSSR count). The van der Waals surface area contributed by atoms with Crippen LogP contribution in [0.15, 0.2) is 17.3 Å². The minimum atomic E-state index is -2.08. The van der Waals surface area contributed by atoms with Crippen molar-refractivity contribution in [2.75, 3.05) is 14.2 Å². The summed E-state index contributed by atoms with van der Waals surface area (Å²) in [5.74, 6) is -0.171. The Kier molecular flexibility index (Phi) is 6.12. The maximum absolute atomic E-state index is 12.4. The number of methoxy groups -OCH3 is 1. The van der Waals surface area contributed by atoms with Crippen LogP contribution in [0, 0.1) is 5.92 Å². The first-order chi connectivity index (χ1) is 10.0. The summed E-state index contributed by atoms with van der Waals surface area (Å²) in [6.07, 6.45) is 2.42. The van der Waals surface area contributed by atoms with Crippen molar-refractivity contribution < 1.29 is 18.8 Å². The third-order valence-electron chi connectivity index (χ3n) is 4.62. The summed E-state index contributed by atoms with van der Waals surface area (Å²) in [7, 11) is 1.03. The zero-order valence-corrected chi connectivity index (χ0v) is 16.0. The largest absolute Gasteiger partial charge is 0.404 e. The highest BCUT2D eigenvalue weighted by molar-refractivity contribution is 6.74. The van der Waals surface area contributed by atoms with E-state index in [0.717, 1.165) is 5.71 Å². The number of carbonyl (C=O) groups is 1. The van der Waals surface area contributed by atoms with Crippen LogP contribution in [0.1, 0.15) is 27.7 Å². The van der Waals surface area contributed by atoms with Gasteiger partial charge in [-0.05, 0) is 31.1 Å². The Bertz CT molecular complexity index is 465. The first kappa shape index (κ1) is 19.1. The molecule has 0 aliphatic heterocycles. The number of nitrogens with zero attached hydrogens (tertiary/aromatic N) is 1. The number of ketones is 1. The van der Waals surface area contributed by atoms with Gasteiger partial charge in [-0.1, -0.05) is 32.0 Å². The molecule has 22 heavy (non-hydrogen) atoms. The molecular weight excluding hydrogens is 298 g/mol. The van der Waals surface area contributed by atoms with E-state index in [1.807, 2.05) is 13.0 Å². The highest BCUT2D eigenvalue weighted by Crippen LogP contribution is 2.39. The summed E-state index contributed by atoms with van der Waals surface area (Å²) >= 11 is 0. The van der Waals surface area contributed by atoms with Crippen LogP contribution in [-0.2, 0) is 18.8 Å². The lowest BCUT2D eigenvalue weighted by atomic mass is 9.86. The van der Waals surface area contributed by atoms with Crippen LogP contribution in [0.3, 0.4) is 0 Å². The summed E-state index contributed by atoms with van der Waals surface area (Å²) < 4.78 is 11.9. The summed E-state index contributed by atoms with van der Waals surface area (Å²) in [6.45, 7) is 12.6. The molecule has 0 aromatic carbocycles. The second kappa shape index (κ2) is 7.06. The molecule has 0 aromatic heterocycles. The van der Waals surface area contributed by atoms with E-state index in [1.165, 1.54) is 7.11 Å². The molecule has 0 N–H and O–H groups in total. The predicted octanol–water partition coefficient (Wildman–Crippen LogP) is 3.17. The molecule has 0 bridgehead atoms. The van der Waals surface area contributed by atoms with Gasteiger partial charge in [0, 0.05) is 13.0 Å². The summed E-state index contributed by atoms with van der Waals surface area (Å²) in [5.41, 5.74) is 0.766. The molecular formula is C16H29NO4Si. The number of oxime groups is 1. The van der Waals surface area contributed by atoms with E-state index in [0.29, 0.717) is 0 Å². The highest BCUT2D eigenvalue weighted by atomic mass is 28.4. The number of ether oxygens (including phenoxy) is 1. The zero-order chi connectivity index (χ0) is 17.1. The van der Waals surface area contributed by atoms with Crippen LogP contribution in [0.5, 0.6) is 0 Å². The molecule has 6 heteroatoms. The Balaban J connectivity index is 3.10. The van der Waals surface area contributed by atoms with Crippen molar-refractivity contribution in [2.45, 2.75) is 58.0 Å². The Hall–Kier alpha value is -0.983. The van der Waals surface area contributed by atoms with Gasteiger partial charge in [0.25, 0.3) is 0 Å². The van der Waals surface area contributed by atoms with Crippen molar-refractivity contribution >= 4 is 19.8 Å². The quantitative estimate of drug-likeness (QED) is 0.442. The van der Waals surface area contributed by atoms with Gasteiger partial charge in [-0.15, -0.1) is 0 Å². The van der Waals surface area contributed by atoms with Crippen LogP contribution < -0.4 is 0 Å². The van der Waals surface area contributed by atoms with E-state index in [2.05, 4.69) is 39.0 Å². The minimum Gasteiger partial charge on any atom is -0.404 e. The lowest BCUT2D eigenvalue weighted by Gasteiger charge is -2.42. The Morgan fingerprint density at radius 2 is 1.86 bits per heavy atom. The average Bonchev–Trinajstić information content (AvgIpc) is 2.39. The SMILES string of the molecule is CO/N=C(/C)[C@H]1C=CC(=O)[C@@H](O[Si](C)(C)C(C)(C)C)[C@@H]1OC. The van der Waals surface area contributed by atoms with Crippen molar-refractivity contribution in [1.29, 1.82) is 0 Å². The molecule has 1 aliphatic rings. The fourth-order valence-corrected chi connectivity index (χ4v) is 3.46. The second-order valence-electron chi connectivity index (χ2n) is 7.20. The van der Waals surface area contributed by atoms with Gasteiger partial charge in [0.1, 0.15) is 19.3 Å². The topological polar surface area (TPSA) is 57.1 Å². The molecule has 0 unspecified atom stereocenters. The normalized spacial score (nSPS) is 27.2. The molecule has 0 aromatic rings. The molecule has 0 saturated heterocycles. The maximum Gasteiger partial charge on any atom is 0.193 e. The smallest absolute Gasteiger partial charge is 0.193 e. The molecule has 3 atom stereocenters. The van der Waals surface area contributed by atoms with Gasteiger partial charge >= 0.3 is 0 Å². The molecule has 0 fully saturated rings. The van der Waals surface area contributed by atoms with Gasteiger partial charge in [-0.2, -0.15) is 0 Å². The van der Waals surface area contributed by atoms with Crippen molar-refractivity contribution in [1.82, 2.24) is 0 Å². The van der Waals surface area contributed by atoms with Crippen molar-refractivity contribution in [3.63, 3.8) is 0 Å². The van der Waals surface area contributed by atoms with Crippen molar-refractivity contribution in [3.05, 3.63) is 12.2 Å². The first-order valence-electron chi connectivity index (χ1n) is 7.55. The van der Waals surface area contributed by atoms with Crippen LogP contribution >= 0.6 is 0 Å². The summed E-state index contributed by atoms with van der Waals surface area (Å²) in [5, 5.41) is 4.01.